The van der Waals surface area contributed by atoms with Crippen molar-refractivity contribution in [1.29, 1.82) is 0 Å². The highest BCUT2D eigenvalue weighted by Crippen LogP contribution is 2.33. The normalized spacial score (nSPS) is 13.0. The number of carboxylic acids is 1. The fourth-order valence-electron chi connectivity index (χ4n) is 8.89. The molecule has 526 valence electrons. The van der Waals surface area contributed by atoms with Crippen molar-refractivity contribution >= 4 is 144 Å². The second-order valence-electron chi connectivity index (χ2n) is 22.3. The number of nitrogens with zero attached hydrogens (tertiary/aromatic N) is 6. The Morgan fingerprint density at radius 1 is 0.505 bits per heavy atom. The van der Waals surface area contributed by atoms with E-state index in [9.17, 15) is 57.8 Å². The van der Waals surface area contributed by atoms with E-state index >= 15 is 0 Å². The van der Waals surface area contributed by atoms with E-state index in [0.717, 1.165) is 62.2 Å². The molecule has 101 heavy (non-hydrogen) atoms. The molecular formula is C65H67N17O13S6. The van der Waals surface area contributed by atoms with Crippen molar-refractivity contribution < 1.29 is 63.0 Å². The van der Waals surface area contributed by atoms with Gasteiger partial charge in [0.05, 0.1) is 53.4 Å². The molecule has 0 aliphatic heterocycles. The first-order valence-corrected chi connectivity index (χ1v) is 35.6. The Balaban J connectivity index is 0.920. The lowest BCUT2D eigenvalue weighted by molar-refractivity contribution is -0.140. The number of phenols is 1. The van der Waals surface area contributed by atoms with Gasteiger partial charge in [-0.3, -0.25) is 52.7 Å². The van der Waals surface area contributed by atoms with Crippen molar-refractivity contribution in [3.8, 4) is 16.5 Å². The van der Waals surface area contributed by atoms with Crippen molar-refractivity contribution in [2.75, 3.05) is 7.05 Å². The van der Waals surface area contributed by atoms with Gasteiger partial charge in [-0.05, 0) is 56.5 Å². The number of nitrogens with two attached hydrogens (primary N) is 1. The number of likely N-dealkylation sites (N-methyl/N-ethyl adjacent to an activating group) is 1. The van der Waals surface area contributed by atoms with Crippen LogP contribution in [-0.2, 0) is 41.6 Å². The van der Waals surface area contributed by atoms with Gasteiger partial charge in [-0.2, -0.15) is 0 Å². The molecule has 2 aromatic carbocycles. The van der Waals surface area contributed by atoms with E-state index in [-0.39, 0.29) is 91.7 Å². The van der Waals surface area contributed by atoms with Gasteiger partial charge in [-0.25, -0.2) is 29.9 Å². The summed E-state index contributed by atoms with van der Waals surface area (Å²) in [6, 6.07) is 9.73. The lowest BCUT2D eigenvalue weighted by atomic mass is 9.98. The summed E-state index contributed by atoms with van der Waals surface area (Å²) in [5, 5.41) is 56.2. The lowest BCUT2D eigenvalue weighted by Crippen LogP contribution is -2.49. The van der Waals surface area contributed by atoms with Crippen LogP contribution in [0, 0.1) is 5.92 Å². The van der Waals surface area contributed by atoms with Gasteiger partial charge in [0.15, 0.2) is 0 Å². The van der Waals surface area contributed by atoms with Crippen molar-refractivity contribution in [3.63, 3.8) is 0 Å². The van der Waals surface area contributed by atoms with Crippen molar-refractivity contribution in [1.82, 2.24) is 83.1 Å². The first kappa shape index (κ1) is 75.9. The number of phenolic OH excluding ortho intramolecular Hbond substituents is 1. The predicted octanol–water partition coefficient (Wildman–Crippen LogP) is 5.66. The fraction of sp³-hybridized carbons (Fsp3) is 0.246. The number of benzene rings is 2. The molecule has 7 unspecified atom stereocenters. The lowest BCUT2D eigenvalue weighted by Gasteiger charge is -2.26. The summed E-state index contributed by atoms with van der Waals surface area (Å²) in [6.07, 6.45) is 0.399. The average Bonchev–Trinajstić information content (AvgIpc) is 1.72. The second-order valence-corrected chi connectivity index (χ2v) is 27.6. The fourth-order valence-corrected chi connectivity index (χ4v) is 13.9. The van der Waals surface area contributed by atoms with Gasteiger partial charge in [-0.1, -0.05) is 89.0 Å². The van der Waals surface area contributed by atoms with E-state index in [2.05, 4.69) is 99.4 Å². The molecule has 0 saturated heterocycles. The summed E-state index contributed by atoms with van der Waals surface area (Å²) in [6.45, 7) is 21.4. The maximum absolute atomic E-state index is 14.7. The molecule has 8 rings (SSSR count). The number of aromatic nitrogens is 6. The Hall–Kier alpha value is -10.9. The van der Waals surface area contributed by atoms with Gasteiger partial charge in [-0.15, -0.1) is 68.0 Å². The summed E-state index contributed by atoms with van der Waals surface area (Å²) in [4.78, 5) is 171. The summed E-state index contributed by atoms with van der Waals surface area (Å²) in [7, 11) is 1.62. The summed E-state index contributed by atoms with van der Waals surface area (Å²) in [5.41, 5.74) is 6.29. The van der Waals surface area contributed by atoms with E-state index in [1.807, 2.05) is 44.2 Å². The van der Waals surface area contributed by atoms with Crippen LogP contribution in [0.1, 0.15) is 147 Å². The molecule has 6 aromatic heterocycles. The summed E-state index contributed by atoms with van der Waals surface area (Å²) in [5.74, 6) is -8.81. The molecule has 0 aliphatic rings. The van der Waals surface area contributed by atoms with Gasteiger partial charge in [0.25, 0.3) is 41.4 Å². The highest BCUT2D eigenvalue weighted by molar-refractivity contribution is 7.14. The Labute approximate surface area is 600 Å². The van der Waals surface area contributed by atoms with Crippen LogP contribution in [0.5, 0.6) is 5.75 Å². The first-order chi connectivity index (χ1) is 48.1. The molecule has 10 amide bonds. The molecular weight excluding hydrogens is 1420 g/mol. The van der Waals surface area contributed by atoms with Gasteiger partial charge >= 0.3 is 5.97 Å². The zero-order valence-corrected chi connectivity index (χ0v) is 59.4. The number of amides is 10. The molecule has 36 heteroatoms. The minimum absolute atomic E-state index is 0.00554. The quantitative estimate of drug-likeness (QED) is 0.0216. The molecule has 6 heterocycles. The third kappa shape index (κ3) is 20.6. The Morgan fingerprint density at radius 2 is 1.02 bits per heavy atom. The maximum Gasteiger partial charge on any atom is 0.325 e. The van der Waals surface area contributed by atoms with Crippen LogP contribution in [0.15, 0.2) is 125 Å². The number of aromatic hydroxyl groups is 1. The highest BCUT2D eigenvalue weighted by Gasteiger charge is 2.33. The molecule has 7 atom stereocenters. The highest BCUT2D eigenvalue weighted by atomic mass is 32.1. The number of thiazole rings is 6. The minimum Gasteiger partial charge on any atom is -0.508 e. The van der Waals surface area contributed by atoms with Crippen LogP contribution in [0.4, 0.5) is 0 Å². The Kier molecular flexibility index (Phi) is 26.1. The van der Waals surface area contributed by atoms with Crippen LogP contribution in [0.2, 0.25) is 0 Å². The van der Waals surface area contributed by atoms with Crippen LogP contribution >= 0.6 is 68.0 Å². The van der Waals surface area contributed by atoms with Crippen LogP contribution < -0.4 is 58.9 Å². The van der Waals surface area contributed by atoms with Crippen LogP contribution in [0.25, 0.3) is 22.1 Å². The zero-order chi connectivity index (χ0) is 73.4. The minimum atomic E-state index is -1.32. The summed E-state index contributed by atoms with van der Waals surface area (Å²) < 4.78 is 0. The van der Waals surface area contributed by atoms with Crippen molar-refractivity contribution in [3.05, 3.63) is 189 Å². The number of carbonyl (C=O) groups excluding carboxylic acids is 10. The monoisotopic (exact) mass is 1490 g/mol. The van der Waals surface area contributed by atoms with E-state index in [1.54, 1.807) is 31.5 Å². The van der Waals surface area contributed by atoms with Gasteiger partial charge in [0.1, 0.15) is 82.0 Å². The molecule has 14 N–H and O–H groups in total. The zero-order valence-electron chi connectivity index (χ0n) is 54.5. The molecule has 0 fully saturated rings. The Morgan fingerprint density at radius 3 is 1.62 bits per heavy atom. The second kappa shape index (κ2) is 34.7. The smallest absolute Gasteiger partial charge is 0.325 e. The van der Waals surface area contributed by atoms with Gasteiger partial charge < -0.3 is 69.1 Å². The molecule has 0 aliphatic carbocycles. The standard InChI is InChI=1S/C65H67N17O13S6/c1-10-29(2)49(64-81-47(28-101-64)63-80-43(25-100-63)55(90)71-34(7)60-76-42(23-96-60)54(89)69-32(5)51(86)68-31(4)52(87)72-35(8)65(94)95)82-53(88)39(20-37-16-18-38(83)19-17-37)73-56(91)45-26-98-61(78-45)40(21-36-14-12-11-13-15-36)74-58(93)46-27-99-62(79-46)41(22-48(66)84)75-57(92)44-24-97-59(77-44)33(6)70-50(85)30(3)67-9/h11-19,23-30,35,39-41,49,67,83H,4-7,10,20-22H2,1-3,8-9H3,(H2,66,84)(H,68,86)(H,69,89)(H,70,85)(H,71,90)(H,72,87)(H,73,91)(H,74,93)(H,75,92)(H,82,88)(H,94,95). The number of hydrogen-bond acceptors (Lipinski definition) is 25. The first-order valence-electron chi connectivity index (χ1n) is 30.4. The number of carbonyl (C=O) groups is 11. The van der Waals surface area contributed by atoms with Crippen LogP contribution in [0.3, 0.4) is 0 Å². The number of primary amides is 1. The third-order valence-electron chi connectivity index (χ3n) is 14.8. The van der Waals surface area contributed by atoms with E-state index in [1.165, 1.54) is 57.3 Å². The van der Waals surface area contributed by atoms with Gasteiger partial charge in [0, 0.05) is 38.7 Å². The molecule has 0 saturated carbocycles. The number of aliphatic carboxylic acids is 1. The number of rotatable bonds is 34. The van der Waals surface area contributed by atoms with Crippen molar-refractivity contribution in [2.45, 2.75) is 89.6 Å². The van der Waals surface area contributed by atoms with E-state index < -0.39 is 107 Å². The molecule has 0 radical (unpaired) electrons. The number of nitrogens with one attached hydrogen (secondary N) is 10. The molecule has 8 aromatic rings. The van der Waals surface area contributed by atoms with E-state index in [0.29, 0.717) is 32.7 Å². The van der Waals surface area contributed by atoms with E-state index in [4.69, 9.17) is 20.8 Å². The van der Waals surface area contributed by atoms with Crippen molar-refractivity contribution in [2.24, 2.45) is 11.7 Å². The molecule has 0 spiro atoms. The number of hydrogen-bond donors (Lipinski definition) is 13. The van der Waals surface area contributed by atoms with Crippen LogP contribution in [-0.4, -0.2) is 130 Å². The molecule has 0 bridgehead atoms. The SMILES string of the molecule is C=C(NC(=O)c1csc(C(=C)NC(=O)c2csc(-c3csc(C(NC(=O)C(Cc4ccc(O)cc4)NC(=O)c4csc(C(Cc5ccccc5)NC(=O)c5csc(C(CC(N)=O)NC(=O)c6csc(C(=C)NC(=O)C(C)NC)n6)n5)n4)C(C)CC)n3)n2)n1)C(=O)NC(=C)C(=O)NC(C)C(=O)O. The summed E-state index contributed by atoms with van der Waals surface area (Å²) >= 11 is 6.48. The topological polar surface area (TPSA) is 452 Å². The average molecular weight is 1490 g/mol. The largest absolute Gasteiger partial charge is 0.508 e. The Bertz CT molecular complexity index is 4500. The number of carboxylic acid groups (broad SMARTS) is 1. The maximum atomic E-state index is 14.7. The molecule has 30 nitrogen and oxygen atoms in total. The van der Waals surface area contributed by atoms with Gasteiger partial charge in [0.2, 0.25) is 17.7 Å². The predicted molar refractivity (Wildman–Crippen MR) is 381 cm³/mol. The third-order valence-corrected chi connectivity index (χ3v) is 20.3.